The number of hydrogen-bond donors (Lipinski definition) is 0. The van der Waals surface area contributed by atoms with Crippen molar-refractivity contribution in [2.45, 2.75) is 12.5 Å². The molecule has 1 saturated heterocycles. The van der Waals surface area contributed by atoms with Gasteiger partial charge in [0.2, 0.25) is 0 Å². The molecule has 0 spiro atoms. The van der Waals surface area contributed by atoms with Gasteiger partial charge in [-0.3, -0.25) is 14.6 Å². The van der Waals surface area contributed by atoms with E-state index in [2.05, 4.69) is 40.1 Å². The predicted octanol–water partition coefficient (Wildman–Crippen LogP) is 2.68. The maximum absolute atomic E-state index is 12.5. The molecule has 0 aromatic heterocycles. The molecule has 4 nitrogen and oxygen atoms in total. The molecular formula is C21H23N3O. The molecule has 1 atom stereocenters. The summed E-state index contributed by atoms with van der Waals surface area (Å²) in [5.74, 6) is -0.672. The highest BCUT2D eigenvalue weighted by atomic mass is 16.1. The van der Waals surface area contributed by atoms with E-state index in [1.165, 1.54) is 5.56 Å². The van der Waals surface area contributed by atoms with E-state index in [0.717, 1.165) is 38.3 Å². The monoisotopic (exact) mass is 333 g/mol. The zero-order valence-electron chi connectivity index (χ0n) is 14.3. The van der Waals surface area contributed by atoms with Crippen LogP contribution in [0.4, 0.5) is 0 Å². The molecule has 0 radical (unpaired) electrons. The van der Waals surface area contributed by atoms with Crippen LogP contribution in [0.3, 0.4) is 0 Å². The van der Waals surface area contributed by atoms with Crippen molar-refractivity contribution in [2.75, 3.05) is 32.7 Å². The second-order valence-electron chi connectivity index (χ2n) is 6.48. The summed E-state index contributed by atoms with van der Waals surface area (Å²) >= 11 is 0. The molecule has 0 bridgehead atoms. The third kappa shape index (κ3) is 4.76. The maximum atomic E-state index is 12.5. The van der Waals surface area contributed by atoms with Gasteiger partial charge in [-0.15, -0.1) is 0 Å². The van der Waals surface area contributed by atoms with E-state index in [9.17, 15) is 10.1 Å². The van der Waals surface area contributed by atoms with Crippen molar-refractivity contribution in [3.8, 4) is 6.07 Å². The highest BCUT2D eigenvalue weighted by molar-refractivity contribution is 5.90. The Hall–Kier alpha value is -2.48. The van der Waals surface area contributed by atoms with E-state index >= 15 is 0 Å². The molecule has 1 aliphatic heterocycles. The van der Waals surface area contributed by atoms with E-state index < -0.39 is 5.92 Å². The average molecular weight is 333 g/mol. The number of hydrogen-bond acceptors (Lipinski definition) is 4. The fraction of sp³-hybridized carbons (Fsp3) is 0.333. The van der Waals surface area contributed by atoms with Gasteiger partial charge < -0.3 is 0 Å². The quantitative estimate of drug-likeness (QED) is 0.815. The van der Waals surface area contributed by atoms with Crippen LogP contribution in [0.15, 0.2) is 60.7 Å². The topological polar surface area (TPSA) is 47.3 Å². The van der Waals surface area contributed by atoms with E-state index in [-0.39, 0.29) is 5.78 Å². The number of benzene rings is 2. The molecule has 0 aliphatic carbocycles. The van der Waals surface area contributed by atoms with Gasteiger partial charge in [-0.1, -0.05) is 60.7 Å². The largest absolute Gasteiger partial charge is 0.297 e. The summed E-state index contributed by atoms with van der Waals surface area (Å²) in [4.78, 5) is 17.1. The van der Waals surface area contributed by atoms with Crippen LogP contribution in [0.25, 0.3) is 0 Å². The maximum Gasteiger partial charge on any atom is 0.168 e. The van der Waals surface area contributed by atoms with Crippen LogP contribution in [0.1, 0.15) is 17.0 Å². The van der Waals surface area contributed by atoms with Crippen LogP contribution < -0.4 is 0 Å². The van der Waals surface area contributed by atoms with Gasteiger partial charge in [-0.2, -0.15) is 5.26 Å². The van der Waals surface area contributed by atoms with Crippen molar-refractivity contribution < 1.29 is 4.79 Å². The fourth-order valence-corrected chi connectivity index (χ4v) is 3.24. The number of carbonyl (C=O) groups excluding carboxylic acids is 1. The van der Waals surface area contributed by atoms with Gasteiger partial charge in [0, 0.05) is 32.7 Å². The lowest BCUT2D eigenvalue weighted by molar-refractivity contribution is -0.120. The van der Waals surface area contributed by atoms with Crippen molar-refractivity contribution in [3.63, 3.8) is 0 Å². The lowest BCUT2D eigenvalue weighted by Gasteiger charge is -2.34. The van der Waals surface area contributed by atoms with Crippen LogP contribution in [0, 0.1) is 11.3 Å². The van der Waals surface area contributed by atoms with Gasteiger partial charge in [0.05, 0.1) is 12.6 Å². The van der Waals surface area contributed by atoms with Crippen LogP contribution in [0.5, 0.6) is 0 Å². The zero-order valence-corrected chi connectivity index (χ0v) is 14.3. The Balaban J connectivity index is 1.50. The van der Waals surface area contributed by atoms with Crippen LogP contribution >= 0.6 is 0 Å². The Labute approximate surface area is 149 Å². The molecule has 128 valence electrons. The highest BCUT2D eigenvalue weighted by Gasteiger charge is 2.24. The Bertz CT molecular complexity index is 716. The summed E-state index contributed by atoms with van der Waals surface area (Å²) in [6.07, 6.45) is 0. The molecule has 1 heterocycles. The minimum Gasteiger partial charge on any atom is -0.297 e. The molecule has 2 aromatic rings. The first kappa shape index (κ1) is 17.3. The number of carbonyl (C=O) groups is 1. The average Bonchev–Trinajstić information content (AvgIpc) is 2.66. The third-order valence-electron chi connectivity index (χ3n) is 4.68. The van der Waals surface area contributed by atoms with Crippen molar-refractivity contribution in [1.82, 2.24) is 9.80 Å². The molecule has 0 amide bonds. The molecular weight excluding hydrogens is 310 g/mol. The third-order valence-corrected chi connectivity index (χ3v) is 4.68. The summed E-state index contributed by atoms with van der Waals surface area (Å²) in [6.45, 7) is 4.94. The van der Waals surface area contributed by atoms with E-state index in [1.54, 1.807) is 0 Å². The Morgan fingerprint density at radius 1 is 0.920 bits per heavy atom. The van der Waals surface area contributed by atoms with Gasteiger partial charge in [0.25, 0.3) is 0 Å². The van der Waals surface area contributed by atoms with E-state index in [1.807, 2.05) is 36.4 Å². The Morgan fingerprint density at radius 2 is 1.48 bits per heavy atom. The molecule has 0 N–H and O–H groups in total. The summed E-state index contributed by atoms with van der Waals surface area (Å²) in [5.41, 5.74) is 2.11. The predicted molar refractivity (Wildman–Crippen MR) is 98.0 cm³/mol. The number of piperazine rings is 1. The number of nitriles is 1. The van der Waals surface area contributed by atoms with Crippen molar-refractivity contribution in [2.24, 2.45) is 0 Å². The van der Waals surface area contributed by atoms with E-state index in [4.69, 9.17) is 0 Å². The van der Waals surface area contributed by atoms with Crippen molar-refractivity contribution >= 4 is 5.78 Å². The van der Waals surface area contributed by atoms with Gasteiger partial charge in [-0.25, -0.2) is 0 Å². The smallest absolute Gasteiger partial charge is 0.168 e. The number of nitrogens with zero attached hydrogens (tertiary/aromatic N) is 3. The van der Waals surface area contributed by atoms with Gasteiger partial charge in [0.15, 0.2) is 5.78 Å². The fourth-order valence-electron chi connectivity index (χ4n) is 3.24. The highest BCUT2D eigenvalue weighted by Crippen LogP contribution is 2.17. The lowest BCUT2D eigenvalue weighted by atomic mass is 9.96. The molecule has 1 unspecified atom stereocenters. The lowest BCUT2D eigenvalue weighted by Crippen LogP contribution is -2.47. The van der Waals surface area contributed by atoms with Crippen LogP contribution in [-0.2, 0) is 11.3 Å². The Kier molecular flexibility index (Phi) is 5.95. The standard InChI is InChI=1S/C21H23N3O/c22-15-20(19-9-5-2-6-10-19)21(25)17-24-13-11-23(12-14-24)16-18-7-3-1-4-8-18/h1-10,20H,11-14,16-17H2. The minimum absolute atomic E-state index is 0.00907. The minimum atomic E-state index is -0.663. The summed E-state index contributed by atoms with van der Waals surface area (Å²) in [5, 5.41) is 9.39. The molecule has 3 rings (SSSR count). The molecule has 25 heavy (non-hydrogen) atoms. The van der Waals surface area contributed by atoms with Gasteiger partial charge >= 0.3 is 0 Å². The number of Topliss-reactive ketones (excluding diaryl/α,β-unsaturated/α-hetero) is 1. The molecule has 1 fully saturated rings. The van der Waals surface area contributed by atoms with Crippen LogP contribution in [0.2, 0.25) is 0 Å². The van der Waals surface area contributed by atoms with Gasteiger partial charge in [-0.05, 0) is 11.1 Å². The molecule has 2 aromatic carbocycles. The number of rotatable bonds is 6. The van der Waals surface area contributed by atoms with Crippen LogP contribution in [-0.4, -0.2) is 48.3 Å². The first-order chi connectivity index (χ1) is 12.3. The number of ketones is 1. The molecule has 4 heteroatoms. The Morgan fingerprint density at radius 3 is 2.08 bits per heavy atom. The second-order valence-corrected chi connectivity index (χ2v) is 6.48. The normalized spacial score (nSPS) is 16.9. The second kappa shape index (κ2) is 8.57. The molecule has 0 saturated carbocycles. The van der Waals surface area contributed by atoms with Crippen molar-refractivity contribution in [1.29, 1.82) is 5.26 Å². The summed E-state index contributed by atoms with van der Waals surface area (Å²) in [7, 11) is 0. The SMILES string of the molecule is N#CC(C(=O)CN1CCN(Cc2ccccc2)CC1)c1ccccc1. The summed E-state index contributed by atoms with van der Waals surface area (Å²) in [6, 6.07) is 22.0. The zero-order chi connectivity index (χ0) is 17.5. The van der Waals surface area contributed by atoms with E-state index in [0.29, 0.717) is 6.54 Å². The van der Waals surface area contributed by atoms with Gasteiger partial charge in [0.1, 0.15) is 5.92 Å². The summed E-state index contributed by atoms with van der Waals surface area (Å²) < 4.78 is 0. The first-order valence-electron chi connectivity index (χ1n) is 8.72. The molecule has 1 aliphatic rings. The first-order valence-corrected chi connectivity index (χ1v) is 8.72. The van der Waals surface area contributed by atoms with Crippen molar-refractivity contribution in [3.05, 3.63) is 71.8 Å².